The molecule has 1 fully saturated rings. The molecule has 0 bridgehead atoms. The van der Waals surface area contributed by atoms with E-state index in [0.29, 0.717) is 6.04 Å². The van der Waals surface area contributed by atoms with Crippen LogP contribution in [0.1, 0.15) is 26.2 Å². The molecule has 0 spiro atoms. The quantitative estimate of drug-likeness (QED) is 0.490. The monoisotopic (exact) mass is 131 g/mol. The molecule has 0 amide bonds. The number of piperidine rings is 1. The van der Waals surface area contributed by atoms with Crippen LogP contribution in [0, 0.1) is 0 Å². The molecule has 0 N–H and O–H groups in total. The second-order valence-corrected chi connectivity index (χ2v) is 3.02. The second kappa shape index (κ2) is 2.74. The molecule has 0 aromatic carbocycles. The summed E-state index contributed by atoms with van der Waals surface area (Å²) in [5, 5.41) is 0. The van der Waals surface area contributed by atoms with E-state index >= 15 is 0 Å². The molecule has 0 aromatic rings. The van der Waals surface area contributed by atoms with Gasteiger partial charge >= 0.3 is 0 Å². The van der Waals surface area contributed by atoms with Gasteiger partial charge in [0.15, 0.2) is 0 Å². The highest BCUT2D eigenvalue weighted by molar-refractivity contribution is 7.77. The summed E-state index contributed by atoms with van der Waals surface area (Å²) in [6, 6.07) is 0.701. The number of hydrogen-bond donors (Lipinski definition) is 1. The van der Waals surface area contributed by atoms with Gasteiger partial charge in [-0.05, 0) is 19.8 Å². The maximum atomic E-state index is 4.29. The molecular formula is C6H13NS. The third kappa shape index (κ3) is 1.39. The van der Waals surface area contributed by atoms with Crippen molar-refractivity contribution in [1.82, 2.24) is 4.31 Å². The van der Waals surface area contributed by atoms with Crippen LogP contribution in [0.5, 0.6) is 0 Å². The minimum Gasteiger partial charge on any atom is -0.250 e. The van der Waals surface area contributed by atoms with E-state index in [-0.39, 0.29) is 0 Å². The highest BCUT2D eigenvalue weighted by Gasteiger charge is 2.13. The first-order valence-electron chi connectivity index (χ1n) is 3.26. The van der Waals surface area contributed by atoms with Crippen LogP contribution in [0.3, 0.4) is 0 Å². The maximum Gasteiger partial charge on any atom is 0.0171 e. The van der Waals surface area contributed by atoms with Crippen LogP contribution in [0.2, 0.25) is 0 Å². The fraction of sp³-hybridized carbons (Fsp3) is 1.00. The fourth-order valence-corrected chi connectivity index (χ4v) is 1.34. The number of rotatable bonds is 0. The van der Waals surface area contributed by atoms with E-state index in [0.717, 1.165) is 0 Å². The molecule has 1 heterocycles. The van der Waals surface area contributed by atoms with Crippen molar-refractivity contribution in [2.24, 2.45) is 0 Å². The Hall–Kier alpha value is 0.310. The van der Waals surface area contributed by atoms with E-state index in [1.54, 1.807) is 0 Å². The van der Waals surface area contributed by atoms with Crippen molar-refractivity contribution in [2.75, 3.05) is 6.54 Å². The maximum absolute atomic E-state index is 4.29. The topological polar surface area (TPSA) is 3.24 Å². The highest BCUT2D eigenvalue weighted by Crippen LogP contribution is 2.16. The molecule has 2 heteroatoms. The molecule has 1 saturated heterocycles. The Bertz CT molecular complexity index is 64.9. The van der Waals surface area contributed by atoms with Gasteiger partial charge in [0.1, 0.15) is 0 Å². The number of nitrogens with zero attached hydrogens (tertiary/aromatic N) is 1. The van der Waals surface area contributed by atoms with E-state index < -0.39 is 0 Å². The summed E-state index contributed by atoms with van der Waals surface area (Å²) in [5.41, 5.74) is 0. The Morgan fingerprint density at radius 1 is 1.50 bits per heavy atom. The molecule has 48 valence electrons. The lowest BCUT2D eigenvalue weighted by molar-refractivity contribution is 0.296. The van der Waals surface area contributed by atoms with E-state index in [4.69, 9.17) is 0 Å². The molecule has 8 heavy (non-hydrogen) atoms. The normalized spacial score (nSPS) is 33.0. The minimum absolute atomic E-state index is 0.701. The van der Waals surface area contributed by atoms with Crippen molar-refractivity contribution in [2.45, 2.75) is 32.2 Å². The Morgan fingerprint density at radius 2 is 2.25 bits per heavy atom. The van der Waals surface area contributed by atoms with Gasteiger partial charge in [-0.2, -0.15) is 0 Å². The van der Waals surface area contributed by atoms with Gasteiger partial charge in [0, 0.05) is 12.6 Å². The Kier molecular flexibility index (Phi) is 2.20. The lowest BCUT2D eigenvalue weighted by Gasteiger charge is -2.27. The van der Waals surface area contributed by atoms with Gasteiger partial charge in [0.2, 0.25) is 0 Å². The van der Waals surface area contributed by atoms with Crippen LogP contribution in [0.25, 0.3) is 0 Å². The van der Waals surface area contributed by atoms with Gasteiger partial charge in [0.25, 0.3) is 0 Å². The fourth-order valence-electron chi connectivity index (χ4n) is 1.08. The summed E-state index contributed by atoms with van der Waals surface area (Å²) in [6.07, 6.45) is 4.04. The Morgan fingerprint density at radius 3 is 2.62 bits per heavy atom. The number of hydrogen-bond acceptors (Lipinski definition) is 2. The van der Waals surface area contributed by atoms with Crippen molar-refractivity contribution < 1.29 is 0 Å². The minimum atomic E-state index is 0.701. The van der Waals surface area contributed by atoms with Crippen molar-refractivity contribution in [3.8, 4) is 0 Å². The molecule has 1 aliphatic heterocycles. The standard InChI is InChI=1S/C6H13NS/c1-6-4-2-3-5-7(6)8/h6,8H,2-5H2,1H3. The summed E-state index contributed by atoms with van der Waals surface area (Å²) in [6.45, 7) is 3.40. The third-order valence-electron chi connectivity index (χ3n) is 1.77. The first-order valence-corrected chi connectivity index (χ1v) is 3.66. The average Bonchev–Trinajstić information content (AvgIpc) is 1.77. The van der Waals surface area contributed by atoms with E-state index in [1.165, 1.54) is 25.8 Å². The summed E-state index contributed by atoms with van der Waals surface area (Å²) < 4.78 is 2.13. The molecule has 1 atom stereocenters. The number of thiol groups is 1. The van der Waals surface area contributed by atoms with Crippen molar-refractivity contribution >= 4 is 12.8 Å². The molecule has 0 saturated carbocycles. The smallest absolute Gasteiger partial charge is 0.0171 e. The molecule has 1 nitrogen and oxygen atoms in total. The molecule has 0 aromatic heterocycles. The van der Waals surface area contributed by atoms with Crippen LogP contribution < -0.4 is 0 Å². The largest absolute Gasteiger partial charge is 0.250 e. The zero-order valence-electron chi connectivity index (χ0n) is 5.30. The zero-order valence-corrected chi connectivity index (χ0v) is 6.19. The van der Waals surface area contributed by atoms with E-state index in [2.05, 4.69) is 24.0 Å². The van der Waals surface area contributed by atoms with Crippen LogP contribution in [-0.2, 0) is 0 Å². The second-order valence-electron chi connectivity index (χ2n) is 2.51. The summed E-state index contributed by atoms with van der Waals surface area (Å²) >= 11 is 4.29. The van der Waals surface area contributed by atoms with Gasteiger partial charge in [-0.3, -0.25) is 4.31 Å². The van der Waals surface area contributed by atoms with E-state index in [9.17, 15) is 0 Å². The van der Waals surface area contributed by atoms with E-state index in [1.807, 2.05) is 0 Å². The molecule has 1 unspecified atom stereocenters. The SMILES string of the molecule is CC1CCCCN1S. The summed E-state index contributed by atoms with van der Waals surface area (Å²) in [4.78, 5) is 0. The van der Waals surface area contributed by atoms with Crippen LogP contribution in [0.4, 0.5) is 0 Å². The zero-order chi connectivity index (χ0) is 5.98. The van der Waals surface area contributed by atoms with Gasteiger partial charge in [-0.1, -0.05) is 19.2 Å². The first-order chi connectivity index (χ1) is 3.80. The van der Waals surface area contributed by atoms with Gasteiger partial charge in [0.05, 0.1) is 0 Å². The van der Waals surface area contributed by atoms with Gasteiger partial charge in [-0.15, -0.1) is 0 Å². The van der Waals surface area contributed by atoms with Crippen molar-refractivity contribution in [3.05, 3.63) is 0 Å². The molecule has 0 radical (unpaired) electrons. The van der Waals surface area contributed by atoms with Crippen molar-refractivity contribution in [3.63, 3.8) is 0 Å². The van der Waals surface area contributed by atoms with Crippen LogP contribution in [-0.4, -0.2) is 16.9 Å². The van der Waals surface area contributed by atoms with Gasteiger partial charge in [-0.25, -0.2) is 0 Å². The van der Waals surface area contributed by atoms with Gasteiger partial charge < -0.3 is 0 Å². The molecule has 1 rings (SSSR count). The summed E-state index contributed by atoms with van der Waals surface area (Å²) in [7, 11) is 0. The highest BCUT2D eigenvalue weighted by atomic mass is 32.1. The van der Waals surface area contributed by atoms with Crippen LogP contribution in [0.15, 0.2) is 0 Å². The predicted molar refractivity (Wildman–Crippen MR) is 39.0 cm³/mol. The molecule has 1 aliphatic rings. The predicted octanol–water partition coefficient (Wildman–Crippen LogP) is 1.71. The average molecular weight is 131 g/mol. The third-order valence-corrected chi connectivity index (χ3v) is 2.36. The molecular weight excluding hydrogens is 118 g/mol. The lowest BCUT2D eigenvalue weighted by atomic mass is 10.1. The Balaban J connectivity index is 2.28. The van der Waals surface area contributed by atoms with Crippen molar-refractivity contribution in [1.29, 1.82) is 0 Å². The lowest BCUT2D eigenvalue weighted by Crippen LogP contribution is -2.29. The Labute approximate surface area is 56.6 Å². The molecule has 0 aliphatic carbocycles. The first kappa shape index (κ1) is 6.43. The summed E-state index contributed by atoms with van der Waals surface area (Å²) in [5.74, 6) is 0. The van der Waals surface area contributed by atoms with Crippen LogP contribution >= 0.6 is 12.8 Å².